The van der Waals surface area contributed by atoms with E-state index in [1.165, 1.54) is 12.1 Å². The number of rotatable bonds is 1. The van der Waals surface area contributed by atoms with Crippen LogP contribution >= 0.6 is 0 Å². The Morgan fingerprint density at radius 1 is 1.08 bits per heavy atom. The number of nitrogens with zero attached hydrogens (tertiary/aromatic N) is 1. The molecule has 2 heteroatoms. The van der Waals surface area contributed by atoms with E-state index in [1.54, 1.807) is 18.2 Å². The zero-order chi connectivity index (χ0) is 9.10. The molecule has 1 aromatic heterocycles. The monoisotopic (exact) mass is 172 g/mol. The van der Waals surface area contributed by atoms with E-state index in [0.717, 1.165) is 11.3 Å². The first-order chi connectivity index (χ1) is 6.36. The molecular weight excluding hydrogens is 165 g/mol. The lowest BCUT2D eigenvalue weighted by Crippen LogP contribution is -1.81. The summed E-state index contributed by atoms with van der Waals surface area (Å²) in [5.41, 5.74) is 1.71. The fraction of sp³-hybridized carbons (Fsp3) is 0. The average Bonchev–Trinajstić information content (AvgIpc) is 2.20. The molecule has 0 saturated carbocycles. The Balaban J connectivity index is 2.42. The topological polar surface area (TPSA) is 12.9 Å². The van der Waals surface area contributed by atoms with Crippen LogP contribution in [0.4, 0.5) is 4.39 Å². The summed E-state index contributed by atoms with van der Waals surface area (Å²) in [5.74, 6) is -0.233. The van der Waals surface area contributed by atoms with Crippen molar-refractivity contribution in [3.63, 3.8) is 0 Å². The van der Waals surface area contributed by atoms with Crippen molar-refractivity contribution in [2.75, 3.05) is 0 Å². The molecule has 0 aliphatic rings. The normalized spacial score (nSPS) is 9.92. The van der Waals surface area contributed by atoms with Crippen LogP contribution in [0.2, 0.25) is 0 Å². The van der Waals surface area contributed by atoms with Crippen LogP contribution in [0.25, 0.3) is 11.3 Å². The molecular formula is C11H7FN. The Morgan fingerprint density at radius 3 is 2.46 bits per heavy atom. The summed E-state index contributed by atoms with van der Waals surface area (Å²) in [5, 5.41) is 0. The minimum atomic E-state index is -0.233. The van der Waals surface area contributed by atoms with Crippen molar-refractivity contribution in [2.45, 2.75) is 0 Å². The third-order valence-corrected chi connectivity index (χ3v) is 1.75. The van der Waals surface area contributed by atoms with Crippen LogP contribution in [0.5, 0.6) is 0 Å². The molecule has 1 nitrogen and oxygen atoms in total. The fourth-order valence-corrected chi connectivity index (χ4v) is 1.11. The van der Waals surface area contributed by atoms with Crippen LogP contribution in [0.1, 0.15) is 0 Å². The van der Waals surface area contributed by atoms with Crippen LogP contribution in [-0.4, -0.2) is 4.98 Å². The van der Waals surface area contributed by atoms with Gasteiger partial charge in [-0.2, -0.15) is 0 Å². The second kappa shape index (κ2) is 3.35. The van der Waals surface area contributed by atoms with E-state index in [-0.39, 0.29) is 5.82 Å². The van der Waals surface area contributed by atoms with Crippen molar-refractivity contribution in [3.05, 3.63) is 54.5 Å². The van der Waals surface area contributed by atoms with Crippen molar-refractivity contribution in [2.24, 2.45) is 0 Å². The van der Waals surface area contributed by atoms with Crippen molar-refractivity contribution in [3.8, 4) is 11.3 Å². The molecule has 0 atom stereocenters. The Hall–Kier alpha value is -1.70. The molecule has 0 unspecified atom stereocenters. The summed E-state index contributed by atoms with van der Waals surface area (Å²) in [6, 6.07) is 11.7. The standard InChI is InChI=1S/C11H7FN/c12-10-6-4-9(5-7-10)11-3-1-2-8-13-11/h1-7H. The molecule has 63 valence electrons. The third kappa shape index (κ3) is 1.72. The van der Waals surface area contributed by atoms with Gasteiger partial charge in [-0.1, -0.05) is 6.07 Å². The average molecular weight is 172 g/mol. The summed E-state index contributed by atoms with van der Waals surface area (Å²) in [4.78, 5) is 4.03. The van der Waals surface area contributed by atoms with E-state index in [4.69, 9.17) is 0 Å². The lowest BCUT2D eigenvalue weighted by atomic mass is 10.1. The van der Waals surface area contributed by atoms with Crippen LogP contribution in [0.15, 0.2) is 42.5 Å². The molecule has 1 heterocycles. The maximum absolute atomic E-state index is 12.6. The summed E-state index contributed by atoms with van der Waals surface area (Å²) >= 11 is 0. The maximum Gasteiger partial charge on any atom is 0.123 e. The lowest BCUT2D eigenvalue weighted by Gasteiger charge is -1.98. The molecule has 0 spiro atoms. The van der Waals surface area contributed by atoms with E-state index in [1.807, 2.05) is 12.1 Å². The minimum absolute atomic E-state index is 0.233. The maximum atomic E-state index is 12.6. The van der Waals surface area contributed by atoms with Crippen molar-refractivity contribution in [1.82, 2.24) is 4.98 Å². The van der Waals surface area contributed by atoms with Gasteiger partial charge in [-0.25, -0.2) is 9.37 Å². The van der Waals surface area contributed by atoms with Crippen LogP contribution < -0.4 is 0 Å². The van der Waals surface area contributed by atoms with Crippen molar-refractivity contribution < 1.29 is 4.39 Å². The van der Waals surface area contributed by atoms with Gasteiger partial charge in [-0.3, -0.25) is 0 Å². The predicted octanol–water partition coefficient (Wildman–Crippen LogP) is 2.69. The van der Waals surface area contributed by atoms with Gasteiger partial charge in [0.25, 0.3) is 0 Å². The van der Waals surface area contributed by atoms with Crippen molar-refractivity contribution >= 4 is 0 Å². The fourth-order valence-electron chi connectivity index (χ4n) is 1.11. The zero-order valence-electron chi connectivity index (χ0n) is 6.87. The van der Waals surface area contributed by atoms with Gasteiger partial charge in [0.2, 0.25) is 0 Å². The molecule has 0 N–H and O–H groups in total. The van der Waals surface area contributed by atoms with Gasteiger partial charge in [0.1, 0.15) is 5.82 Å². The molecule has 13 heavy (non-hydrogen) atoms. The van der Waals surface area contributed by atoms with Gasteiger partial charge in [-0.05, 0) is 36.4 Å². The third-order valence-electron chi connectivity index (χ3n) is 1.75. The van der Waals surface area contributed by atoms with Crippen molar-refractivity contribution in [1.29, 1.82) is 0 Å². The summed E-state index contributed by atoms with van der Waals surface area (Å²) in [6.07, 6.45) is 2.73. The first-order valence-electron chi connectivity index (χ1n) is 3.95. The highest BCUT2D eigenvalue weighted by Crippen LogP contribution is 2.15. The first-order valence-corrected chi connectivity index (χ1v) is 3.95. The first kappa shape index (κ1) is 7.92. The quantitative estimate of drug-likeness (QED) is 0.644. The highest BCUT2D eigenvalue weighted by atomic mass is 19.1. The number of aromatic nitrogens is 1. The highest BCUT2D eigenvalue weighted by molar-refractivity contribution is 5.58. The largest absolute Gasteiger partial charge is 0.246 e. The molecule has 0 amide bonds. The molecule has 0 aliphatic carbocycles. The summed E-state index contributed by atoms with van der Waals surface area (Å²) in [6.45, 7) is 0. The second-order valence-electron chi connectivity index (χ2n) is 2.66. The van der Waals surface area contributed by atoms with E-state index >= 15 is 0 Å². The van der Waals surface area contributed by atoms with E-state index in [2.05, 4.69) is 11.2 Å². The van der Waals surface area contributed by atoms with Crippen LogP contribution in [0, 0.1) is 12.0 Å². The Morgan fingerprint density at radius 2 is 1.85 bits per heavy atom. The number of hydrogen-bond donors (Lipinski definition) is 0. The molecule has 1 radical (unpaired) electrons. The van der Waals surface area contributed by atoms with Gasteiger partial charge < -0.3 is 0 Å². The number of pyridine rings is 1. The molecule has 2 rings (SSSR count). The van der Waals surface area contributed by atoms with E-state index in [0.29, 0.717) is 0 Å². The smallest absolute Gasteiger partial charge is 0.123 e. The molecule has 0 aliphatic heterocycles. The number of hydrogen-bond acceptors (Lipinski definition) is 1. The Kier molecular flexibility index (Phi) is 2.04. The van der Waals surface area contributed by atoms with Crippen LogP contribution in [-0.2, 0) is 0 Å². The van der Waals surface area contributed by atoms with Gasteiger partial charge in [-0.15, -0.1) is 0 Å². The highest BCUT2D eigenvalue weighted by Gasteiger charge is 1.96. The van der Waals surface area contributed by atoms with Gasteiger partial charge in [0.15, 0.2) is 0 Å². The van der Waals surface area contributed by atoms with E-state index < -0.39 is 0 Å². The Bertz CT molecular complexity index is 381. The SMILES string of the molecule is Fc1ccc(-c2ccc[c]n2)cc1. The summed E-state index contributed by atoms with van der Waals surface area (Å²) < 4.78 is 12.6. The van der Waals surface area contributed by atoms with Gasteiger partial charge in [0, 0.05) is 5.56 Å². The van der Waals surface area contributed by atoms with E-state index in [9.17, 15) is 4.39 Å². The lowest BCUT2D eigenvalue weighted by molar-refractivity contribution is 0.628. The molecule has 2 aromatic rings. The zero-order valence-corrected chi connectivity index (χ0v) is 6.87. The molecule has 0 saturated heterocycles. The molecule has 0 fully saturated rings. The second-order valence-corrected chi connectivity index (χ2v) is 2.66. The number of benzene rings is 1. The van der Waals surface area contributed by atoms with Gasteiger partial charge >= 0.3 is 0 Å². The summed E-state index contributed by atoms with van der Waals surface area (Å²) in [7, 11) is 0. The predicted molar refractivity (Wildman–Crippen MR) is 48.5 cm³/mol. The minimum Gasteiger partial charge on any atom is -0.246 e. The Labute approximate surface area is 75.9 Å². The van der Waals surface area contributed by atoms with Gasteiger partial charge in [0.05, 0.1) is 11.9 Å². The number of halogens is 1. The van der Waals surface area contributed by atoms with Crippen LogP contribution in [0.3, 0.4) is 0 Å². The molecule has 1 aromatic carbocycles. The molecule has 0 bridgehead atoms.